The standard InChI is InChI=1S/C13H11NO2/c15-13(16)14-12-8-6-11(7-9-12)10-4-2-1-3-5-10/h1-9,14H,(H,15,16). The van der Waals surface area contributed by atoms with Gasteiger partial charge in [-0.3, -0.25) is 5.32 Å². The number of amides is 1. The number of hydrogen-bond acceptors (Lipinski definition) is 1. The van der Waals surface area contributed by atoms with E-state index in [0.717, 1.165) is 11.1 Å². The van der Waals surface area contributed by atoms with Crippen LogP contribution in [0.5, 0.6) is 0 Å². The molecule has 16 heavy (non-hydrogen) atoms. The van der Waals surface area contributed by atoms with E-state index in [4.69, 9.17) is 5.11 Å². The third-order valence-corrected chi connectivity index (χ3v) is 2.24. The van der Waals surface area contributed by atoms with Gasteiger partial charge in [0, 0.05) is 5.69 Å². The van der Waals surface area contributed by atoms with Crippen LogP contribution in [0.4, 0.5) is 10.5 Å². The molecule has 0 heterocycles. The van der Waals surface area contributed by atoms with E-state index < -0.39 is 6.09 Å². The number of hydrogen-bond donors (Lipinski definition) is 2. The lowest BCUT2D eigenvalue weighted by molar-refractivity contribution is 0.210. The van der Waals surface area contributed by atoms with E-state index in [2.05, 4.69) is 5.32 Å². The van der Waals surface area contributed by atoms with Crippen LogP contribution >= 0.6 is 0 Å². The Balaban J connectivity index is 2.23. The van der Waals surface area contributed by atoms with Crippen LogP contribution in [-0.2, 0) is 0 Å². The van der Waals surface area contributed by atoms with Gasteiger partial charge in [-0.2, -0.15) is 0 Å². The van der Waals surface area contributed by atoms with Crippen molar-refractivity contribution >= 4 is 11.8 Å². The average Bonchev–Trinajstić information content (AvgIpc) is 2.30. The van der Waals surface area contributed by atoms with Gasteiger partial charge in [0.05, 0.1) is 0 Å². The van der Waals surface area contributed by atoms with Gasteiger partial charge in [-0.25, -0.2) is 4.79 Å². The largest absolute Gasteiger partial charge is 0.465 e. The maximum absolute atomic E-state index is 10.4. The quantitative estimate of drug-likeness (QED) is 0.802. The summed E-state index contributed by atoms with van der Waals surface area (Å²) in [6, 6.07) is 17.2. The minimum Gasteiger partial charge on any atom is -0.465 e. The number of nitrogens with one attached hydrogen (secondary N) is 1. The first-order chi connectivity index (χ1) is 7.75. The Morgan fingerprint density at radius 3 is 2.00 bits per heavy atom. The van der Waals surface area contributed by atoms with Gasteiger partial charge in [-0.05, 0) is 23.3 Å². The highest BCUT2D eigenvalue weighted by Gasteiger charge is 1.99. The van der Waals surface area contributed by atoms with E-state index in [1.807, 2.05) is 42.5 Å². The van der Waals surface area contributed by atoms with Gasteiger partial charge in [0.1, 0.15) is 0 Å². The predicted octanol–water partition coefficient (Wildman–Crippen LogP) is 3.44. The topological polar surface area (TPSA) is 49.3 Å². The van der Waals surface area contributed by atoms with Gasteiger partial charge in [0.2, 0.25) is 0 Å². The lowest BCUT2D eigenvalue weighted by atomic mass is 10.1. The van der Waals surface area contributed by atoms with Crippen molar-refractivity contribution in [2.75, 3.05) is 5.32 Å². The van der Waals surface area contributed by atoms with Crippen LogP contribution in [0.1, 0.15) is 0 Å². The molecule has 80 valence electrons. The van der Waals surface area contributed by atoms with E-state index in [-0.39, 0.29) is 0 Å². The highest BCUT2D eigenvalue weighted by molar-refractivity contribution is 5.83. The molecule has 0 saturated carbocycles. The van der Waals surface area contributed by atoms with E-state index in [0.29, 0.717) is 5.69 Å². The molecule has 0 aliphatic rings. The molecule has 0 aliphatic carbocycles. The van der Waals surface area contributed by atoms with Crippen LogP contribution in [0.3, 0.4) is 0 Å². The predicted molar refractivity (Wildman–Crippen MR) is 63.5 cm³/mol. The van der Waals surface area contributed by atoms with E-state index in [9.17, 15) is 4.79 Å². The summed E-state index contributed by atoms with van der Waals surface area (Å²) in [6.45, 7) is 0. The summed E-state index contributed by atoms with van der Waals surface area (Å²) >= 11 is 0. The number of rotatable bonds is 2. The third-order valence-electron chi connectivity index (χ3n) is 2.24. The van der Waals surface area contributed by atoms with Crippen molar-refractivity contribution in [2.24, 2.45) is 0 Å². The first-order valence-electron chi connectivity index (χ1n) is 4.91. The fourth-order valence-corrected chi connectivity index (χ4v) is 1.50. The highest BCUT2D eigenvalue weighted by Crippen LogP contribution is 2.20. The molecule has 3 nitrogen and oxygen atoms in total. The van der Waals surface area contributed by atoms with Crippen molar-refractivity contribution in [1.82, 2.24) is 0 Å². The molecule has 2 N–H and O–H groups in total. The van der Waals surface area contributed by atoms with Crippen molar-refractivity contribution in [3.8, 4) is 11.1 Å². The molecule has 0 fully saturated rings. The lowest BCUT2D eigenvalue weighted by Crippen LogP contribution is -2.06. The van der Waals surface area contributed by atoms with Crippen LogP contribution in [0.25, 0.3) is 11.1 Å². The SMILES string of the molecule is O=C(O)Nc1ccc(-c2ccccc2)cc1. The average molecular weight is 213 g/mol. The minimum absolute atomic E-state index is 0.576. The summed E-state index contributed by atoms with van der Waals surface area (Å²) in [5, 5.41) is 10.8. The zero-order valence-corrected chi connectivity index (χ0v) is 8.55. The molecular weight excluding hydrogens is 202 g/mol. The molecule has 1 amide bonds. The Kier molecular flexibility index (Phi) is 2.87. The third kappa shape index (κ3) is 2.39. The molecule has 0 saturated heterocycles. The van der Waals surface area contributed by atoms with E-state index in [1.165, 1.54) is 0 Å². The van der Waals surface area contributed by atoms with Gasteiger partial charge < -0.3 is 5.11 Å². The summed E-state index contributed by atoms with van der Waals surface area (Å²) in [6.07, 6.45) is -1.05. The molecule has 0 aliphatic heterocycles. The number of carbonyl (C=O) groups is 1. The van der Waals surface area contributed by atoms with Crippen LogP contribution in [0, 0.1) is 0 Å². The molecule has 2 aromatic rings. The van der Waals surface area contributed by atoms with Crippen LogP contribution in [0.2, 0.25) is 0 Å². The van der Waals surface area contributed by atoms with Crippen molar-refractivity contribution < 1.29 is 9.90 Å². The molecular formula is C13H11NO2. The molecule has 0 atom stereocenters. The molecule has 0 unspecified atom stereocenters. The lowest BCUT2D eigenvalue weighted by Gasteiger charge is -2.03. The maximum atomic E-state index is 10.4. The molecule has 3 heteroatoms. The Hall–Kier alpha value is -2.29. The Labute approximate surface area is 93.4 Å². The molecule has 2 rings (SSSR count). The van der Waals surface area contributed by atoms with Crippen molar-refractivity contribution in [3.63, 3.8) is 0 Å². The van der Waals surface area contributed by atoms with Crippen LogP contribution in [-0.4, -0.2) is 11.2 Å². The van der Waals surface area contributed by atoms with Gasteiger partial charge in [0.15, 0.2) is 0 Å². The normalized spacial score (nSPS) is 9.75. The Bertz CT molecular complexity index is 477. The number of anilines is 1. The van der Waals surface area contributed by atoms with Gasteiger partial charge in [0.25, 0.3) is 0 Å². The minimum atomic E-state index is -1.05. The molecule has 0 spiro atoms. The van der Waals surface area contributed by atoms with Gasteiger partial charge in [-0.15, -0.1) is 0 Å². The summed E-state index contributed by atoms with van der Waals surface area (Å²) < 4.78 is 0. The number of benzene rings is 2. The van der Waals surface area contributed by atoms with E-state index >= 15 is 0 Å². The molecule has 0 aromatic heterocycles. The zero-order valence-electron chi connectivity index (χ0n) is 8.55. The Morgan fingerprint density at radius 2 is 1.44 bits per heavy atom. The monoisotopic (exact) mass is 213 g/mol. The van der Waals surface area contributed by atoms with E-state index in [1.54, 1.807) is 12.1 Å². The number of carboxylic acid groups (broad SMARTS) is 1. The first kappa shape index (κ1) is 10.2. The second-order valence-electron chi connectivity index (χ2n) is 3.37. The smallest absolute Gasteiger partial charge is 0.409 e. The first-order valence-corrected chi connectivity index (χ1v) is 4.91. The van der Waals surface area contributed by atoms with Crippen molar-refractivity contribution in [2.45, 2.75) is 0 Å². The molecule has 0 radical (unpaired) electrons. The fourth-order valence-electron chi connectivity index (χ4n) is 1.50. The summed E-state index contributed by atoms with van der Waals surface area (Å²) in [5.74, 6) is 0. The second-order valence-corrected chi connectivity index (χ2v) is 3.37. The van der Waals surface area contributed by atoms with Crippen LogP contribution in [0.15, 0.2) is 54.6 Å². The highest BCUT2D eigenvalue weighted by atomic mass is 16.4. The maximum Gasteiger partial charge on any atom is 0.409 e. The van der Waals surface area contributed by atoms with Gasteiger partial charge >= 0.3 is 6.09 Å². The summed E-state index contributed by atoms with van der Waals surface area (Å²) in [5.41, 5.74) is 2.76. The summed E-state index contributed by atoms with van der Waals surface area (Å²) in [7, 11) is 0. The second kappa shape index (κ2) is 4.49. The Morgan fingerprint density at radius 1 is 0.875 bits per heavy atom. The van der Waals surface area contributed by atoms with Crippen molar-refractivity contribution in [3.05, 3.63) is 54.6 Å². The molecule has 0 bridgehead atoms. The van der Waals surface area contributed by atoms with Crippen LogP contribution < -0.4 is 5.32 Å². The summed E-state index contributed by atoms with van der Waals surface area (Å²) in [4.78, 5) is 10.4. The molecule has 2 aromatic carbocycles. The zero-order chi connectivity index (χ0) is 11.4. The van der Waals surface area contributed by atoms with Gasteiger partial charge in [-0.1, -0.05) is 42.5 Å². The fraction of sp³-hybridized carbons (Fsp3) is 0. The van der Waals surface area contributed by atoms with Crippen molar-refractivity contribution in [1.29, 1.82) is 0 Å².